The molecule has 1 aliphatic heterocycles. The van der Waals surface area contributed by atoms with Gasteiger partial charge in [0.05, 0.1) is 11.3 Å². The number of carbonyl (C=O) groups excluding carboxylic acids is 1. The van der Waals surface area contributed by atoms with Gasteiger partial charge in [0.15, 0.2) is 0 Å². The lowest BCUT2D eigenvalue weighted by molar-refractivity contribution is 0.0697. The normalized spacial score (nSPS) is 15.1. The third-order valence-electron chi connectivity index (χ3n) is 2.34. The molecule has 0 radical (unpaired) electrons. The number of anilines is 1. The van der Waals surface area contributed by atoms with E-state index in [1.54, 1.807) is 0 Å². The molecule has 0 bridgehead atoms. The Morgan fingerprint density at radius 1 is 1.50 bits per heavy atom. The van der Waals surface area contributed by atoms with Crippen LogP contribution in [-0.4, -0.2) is 30.2 Å². The maximum atomic E-state index is 13.4. The van der Waals surface area contributed by atoms with Gasteiger partial charge < -0.3 is 10.4 Å². The molecule has 1 saturated heterocycles. The molecule has 0 spiro atoms. The number of hydrogen-bond acceptors (Lipinski definition) is 2. The minimum absolute atomic E-state index is 0.00472. The van der Waals surface area contributed by atoms with E-state index in [0.717, 1.165) is 18.2 Å². The minimum atomic E-state index is -1.15. The molecule has 6 heteroatoms. The first kappa shape index (κ1) is 10.4. The van der Waals surface area contributed by atoms with E-state index < -0.39 is 17.8 Å². The van der Waals surface area contributed by atoms with Crippen molar-refractivity contribution in [2.24, 2.45) is 0 Å². The topological polar surface area (TPSA) is 69.6 Å². The third-order valence-corrected chi connectivity index (χ3v) is 2.34. The number of carbonyl (C=O) groups is 2. The molecule has 16 heavy (non-hydrogen) atoms. The molecule has 0 aliphatic carbocycles. The largest absolute Gasteiger partial charge is 0.478 e. The first-order valence-electron chi connectivity index (χ1n) is 4.68. The van der Waals surface area contributed by atoms with Crippen LogP contribution in [0.15, 0.2) is 18.2 Å². The van der Waals surface area contributed by atoms with Crippen molar-refractivity contribution in [3.63, 3.8) is 0 Å². The van der Waals surface area contributed by atoms with Gasteiger partial charge in [-0.05, 0) is 18.2 Å². The molecule has 1 aromatic rings. The fraction of sp³-hybridized carbons (Fsp3) is 0.200. The highest BCUT2D eigenvalue weighted by Crippen LogP contribution is 2.22. The average Bonchev–Trinajstić information content (AvgIpc) is 2.65. The number of urea groups is 1. The Morgan fingerprint density at radius 2 is 2.25 bits per heavy atom. The Bertz CT molecular complexity index is 461. The third kappa shape index (κ3) is 1.69. The lowest BCUT2D eigenvalue weighted by Gasteiger charge is -2.15. The van der Waals surface area contributed by atoms with Crippen LogP contribution in [0.4, 0.5) is 14.9 Å². The summed E-state index contributed by atoms with van der Waals surface area (Å²) in [5.41, 5.74) is -0.0500. The van der Waals surface area contributed by atoms with E-state index in [1.807, 2.05) is 0 Å². The average molecular weight is 224 g/mol. The number of halogens is 1. The molecule has 84 valence electrons. The summed E-state index contributed by atoms with van der Waals surface area (Å²) in [6.07, 6.45) is 0. The van der Waals surface area contributed by atoms with Gasteiger partial charge in [-0.1, -0.05) is 0 Å². The molecule has 2 N–H and O–H groups in total. The summed E-state index contributed by atoms with van der Waals surface area (Å²) in [4.78, 5) is 23.2. The van der Waals surface area contributed by atoms with Gasteiger partial charge >= 0.3 is 12.0 Å². The first-order chi connectivity index (χ1) is 7.59. The lowest BCUT2D eigenvalue weighted by atomic mass is 10.2. The first-order valence-corrected chi connectivity index (χ1v) is 4.68. The van der Waals surface area contributed by atoms with Crippen molar-refractivity contribution < 1.29 is 19.1 Å². The standard InChI is InChI=1S/C10H9FN2O3/c11-7-2-1-6(9(14)15)5-8(7)13-4-3-12-10(13)16/h1-2,5H,3-4H2,(H,12,16)(H,14,15). The fourth-order valence-electron chi connectivity index (χ4n) is 1.55. The van der Waals surface area contributed by atoms with Crippen LogP contribution in [0, 0.1) is 5.82 Å². The van der Waals surface area contributed by atoms with Gasteiger partial charge in [0.1, 0.15) is 5.82 Å². The Hall–Kier alpha value is -2.11. The SMILES string of the molecule is O=C(O)c1ccc(F)c(N2CCNC2=O)c1. The van der Waals surface area contributed by atoms with Crippen molar-refractivity contribution in [3.8, 4) is 0 Å². The zero-order valence-electron chi connectivity index (χ0n) is 8.24. The van der Waals surface area contributed by atoms with E-state index in [-0.39, 0.29) is 11.3 Å². The van der Waals surface area contributed by atoms with E-state index in [0.29, 0.717) is 13.1 Å². The zero-order chi connectivity index (χ0) is 11.7. The molecule has 2 amide bonds. The smallest absolute Gasteiger partial charge is 0.335 e. The summed E-state index contributed by atoms with van der Waals surface area (Å²) in [6, 6.07) is 2.95. The summed E-state index contributed by atoms with van der Waals surface area (Å²) in [7, 11) is 0. The Kier molecular flexibility index (Phi) is 2.47. The molecule has 0 saturated carbocycles. The van der Waals surface area contributed by atoms with Crippen LogP contribution in [0.1, 0.15) is 10.4 Å². The highest BCUT2D eigenvalue weighted by molar-refractivity contribution is 5.96. The Balaban J connectivity index is 2.42. The summed E-state index contributed by atoms with van der Waals surface area (Å²) in [6.45, 7) is 0.758. The summed E-state index contributed by atoms with van der Waals surface area (Å²) < 4.78 is 13.4. The molecule has 1 aromatic carbocycles. The number of nitrogens with one attached hydrogen (secondary N) is 1. The fourth-order valence-corrected chi connectivity index (χ4v) is 1.55. The maximum Gasteiger partial charge on any atom is 0.335 e. The summed E-state index contributed by atoms with van der Waals surface area (Å²) in [5, 5.41) is 11.3. The predicted molar refractivity (Wildman–Crippen MR) is 54.1 cm³/mol. The second-order valence-electron chi connectivity index (χ2n) is 3.35. The molecule has 0 unspecified atom stereocenters. The number of amides is 2. The van der Waals surface area contributed by atoms with E-state index in [9.17, 15) is 14.0 Å². The van der Waals surface area contributed by atoms with Crippen LogP contribution < -0.4 is 10.2 Å². The Labute approximate surface area is 90.5 Å². The number of hydrogen-bond donors (Lipinski definition) is 2. The van der Waals surface area contributed by atoms with Crippen LogP contribution in [0.3, 0.4) is 0 Å². The van der Waals surface area contributed by atoms with E-state index in [4.69, 9.17) is 5.11 Å². The van der Waals surface area contributed by atoms with Gasteiger partial charge in [-0.25, -0.2) is 14.0 Å². The van der Waals surface area contributed by atoms with E-state index >= 15 is 0 Å². The van der Waals surface area contributed by atoms with Crippen molar-refractivity contribution in [2.75, 3.05) is 18.0 Å². The van der Waals surface area contributed by atoms with Gasteiger partial charge in [-0.3, -0.25) is 4.90 Å². The highest BCUT2D eigenvalue weighted by Gasteiger charge is 2.24. The van der Waals surface area contributed by atoms with Crippen LogP contribution in [0.5, 0.6) is 0 Å². The highest BCUT2D eigenvalue weighted by atomic mass is 19.1. The lowest BCUT2D eigenvalue weighted by Crippen LogP contribution is -2.28. The number of benzene rings is 1. The second-order valence-corrected chi connectivity index (χ2v) is 3.35. The van der Waals surface area contributed by atoms with Gasteiger partial charge in [0, 0.05) is 13.1 Å². The van der Waals surface area contributed by atoms with E-state index in [2.05, 4.69) is 5.32 Å². The van der Waals surface area contributed by atoms with Crippen molar-refractivity contribution in [1.82, 2.24) is 5.32 Å². The number of carboxylic acid groups (broad SMARTS) is 1. The molecule has 0 atom stereocenters. The van der Waals surface area contributed by atoms with Crippen LogP contribution in [0.25, 0.3) is 0 Å². The molecule has 1 aliphatic rings. The van der Waals surface area contributed by atoms with Crippen LogP contribution in [0.2, 0.25) is 0 Å². The van der Waals surface area contributed by atoms with Gasteiger partial charge in [-0.15, -0.1) is 0 Å². The molecule has 1 fully saturated rings. The number of nitrogens with zero attached hydrogens (tertiary/aromatic N) is 1. The molecular formula is C10H9FN2O3. The summed E-state index contributed by atoms with van der Waals surface area (Å²) in [5.74, 6) is -1.76. The van der Waals surface area contributed by atoms with Crippen LogP contribution in [-0.2, 0) is 0 Å². The van der Waals surface area contributed by atoms with Gasteiger partial charge in [0.25, 0.3) is 0 Å². The molecule has 5 nitrogen and oxygen atoms in total. The summed E-state index contributed by atoms with van der Waals surface area (Å²) >= 11 is 0. The zero-order valence-corrected chi connectivity index (χ0v) is 8.24. The number of carboxylic acids is 1. The van der Waals surface area contributed by atoms with Crippen LogP contribution >= 0.6 is 0 Å². The quantitative estimate of drug-likeness (QED) is 0.788. The van der Waals surface area contributed by atoms with Gasteiger partial charge in [0.2, 0.25) is 0 Å². The maximum absolute atomic E-state index is 13.4. The molecule has 2 rings (SSSR count). The number of aromatic carboxylic acids is 1. The monoisotopic (exact) mass is 224 g/mol. The predicted octanol–water partition coefficient (Wildman–Crippen LogP) is 1.05. The van der Waals surface area contributed by atoms with Crippen molar-refractivity contribution in [2.45, 2.75) is 0 Å². The van der Waals surface area contributed by atoms with Crippen molar-refractivity contribution in [3.05, 3.63) is 29.6 Å². The molecule has 1 heterocycles. The van der Waals surface area contributed by atoms with E-state index in [1.165, 1.54) is 4.90 Å². The minimum Gasteiger partial charge on any atom is -0.478 e. The van der Waals surface area contributed by atoms with Gasteiger partial charge in [-0.2, -0.15) is 0 Å². The van der Waals surface area contributed by atoms with Crippen molar-refractivity contribution in [1.29, 1.82) is 0 Å². The second kappa shape index (κ2) is 3.80. The molecule has 0 aromatic heterocycles. The number of rotatable bonds is 2. The van der Waals surface area contributed by atoms with Crippen molar-refractivity contribution >= 4 is 17.7 Å². The Morgan fingerprint density at radius 3 is 2.81 bits per heavy atom. The molecular weight excluding hydrogens is 215 g/mol.